The molecule has 1 aromatic rings. The number of nitrogens with zero attached hydrogens (tertiary/aromatic N) is 2. The summed E-state index contributed by atoms with van der Waals surface area (Å²) in [5, 5.41) is 2.92. The van der Waals surface area contributed by atoms with Crippen LogP contribution in [-0.4, -0.2) is 24.1 Å². The van der Waals surface area contributed by atoms with E-state index in [1.165, 1.54) is 6.33 Å². The summed E-state index contributed by atoms with van der Waals surface area (Å²) >= 11 is 0. The Morgan fingerprint density at radius 1 is 1.55 bits per heavy atom. The molecular weight excluding hydrogens is 142 g/mol. The minimum absolute atomic E-state index is 0.525. The zero-order valence-electron chi connectivity index (χ0n) is 6.66. The van der Waals surface area contributed by atoms with Gasteiger partial charge in [0.2, 0.25) is 0 Å². The Kier molecular flexibility index (Phi) is 2.80. The van der Waals surface area contributed by atoms with E-state index < -0.39 is 0 Å². The molecule has 4 heteroatoms. The van der Waals surface area contributed by atoms with Gasteiger partial charge in [-0.2, -0.15) is 0 Å². The number of rotatable bonds is 3. The number of methoxy groups -OCH3 is 1. The second kappa shape index (κ2) is 3.88. The van der Waals surface area contributed by atoms with Gasteiger partial charge in [0.15, 0.2) is 0 Å². The number of hydrogen-bond acceptors (Lipinski definition) is 4. The number of aromatic nitrogens is 2. The summed E-state index contributed by atoms with van der Waals surface area (Å²) in [5.74, 6) is 0.812. The third-order valence-corrected chi connectivity index (χ3v) is 1.27. The van der Waals surface area contributed by atoms with E-state index in [1.54, 1.807) is 7.11 Å². The molecule has 0 bridgehead atoms. The minimum atomic E-state index is 0.525. The number of hydrogen-bond donors (Lipinski definition) is 1. The smallest absolute Gasteiger partial charge is 0.129 e. The standard InChI is InChI=1S/C7H11N3O/c1-8-7-3-6(4-11-2)9-5-10-7/h3,5H,4H2,1-2H3,(H,8,9,10). The van der Waals surface area contributed by atoms with E-state index in [-0.39, 0.29) is 0 Å². The van der Waals surface area contributed by atoms with Gasteiger partial charge in [-0.3, -0.25) is 0 Å². The molecule has 0 radical (unpaired) electrons. The van der Waals surface area contributed by atoms with Crippen molar-refractivity contribution in [1.82, 2.24) is 9.97 Å². The summed E-state index contributed by atoms with van der Waals surface area (Å²) in [6.45, 7) is 0.525. The first kappa shape index (κ1) is 7.94. The van der Waals surface area contributed by atoms with Crippen molar-refractivity contribution in [2.24, 2.45) is 0 Å². The van der Waals surface area contributed by atoms with Crippen molar-refractivity contribution >= 4 is 5.82 Å². The summed E-state index contributed by atoms with van der Waals surface area (Å²) in [4.78, 5) is 7.96. The van der Waals surface area contributed by atoms with E-state index in [9.17, 15) is 0 Å². The zero-order chi connectivity index (χ0) is 8.10. The van der Waals surface area contributed by atoms with E-state index in [0.29, 0.717) is 6.61 Å². The highest BCUT2D eigenvalue weighted by atomic mass is 16.5. The molecule has 11 heavy (non-hydrogen) atoms. The molecule has 0 saturated heterocycles. The summed E-state index contributed by atoms with van der Waals surface area (Å²) < 4.78 is 4.91. The fourth-order valence-electron chi connectivity index (χ4n) is 0.761. The Hall–Kier alpha value is -1.16. The molecule has 0 amide bonds. The summed E-state index contributed by atoms with van der Waals surface area (Å²) in [7, 11) is 3.46. The quantitative estimate of drug-likeness (QED) is 0.693. The molecule has 0 aliphatic rings. The lowest BCUT2D eigenvalue weighted by Gasteiger charge is -2.00. The van der Waals surface area contributed by atoms with Crippen LogP contribution < -0.4 is 5.32 Å². The molecule has 4 nitrogen and oxygen atoms in total. The fourth-order valence-corrected chi connectivity index (χ4v) is 0.761. The van der Waals surface area contributed by atoms with Crippen LogP contribution in [0.15, 0.2) is 12.4 Å². The van der Waals surface area contributed by atoms with Crippen LogP contribution >= 0.6 is 0 Å². The second-order valence-electron chi connectivity index (χ2n) is 2.08. The van der Waals surface area contributed by atoms with Crippen molar-refractivity contribution in [2.75, 3.05) is 19.5 Å². The number of nitrogens with one attached hydrogen (secondary N) is 1. The molecule has 0 aliphatic heterocycles. The maximum Gasteiger partial charge on any atom is 0.129 e. The number of ether oxygens (including phenoxy) is 1. The third-order valence-electron chi connectivity index (χ3n) is 1.27. The predicted octanol–water partition coefficient (Wildman–Crippen LogP) is 0.665. The Morgan fingerprint density at radius 2 is 2.36 bits per heavy atom. The van der Waals surface area contributed by atoms with Crippen LogP contribution in [0.5, 0.6) is 0 Å². The van der Waals surface area contributed by atoms with Gasteiger partial charge >= 0.3 is 0 Å². The molecule has 0 saturated carbocycles. The van der Waals surface area contributed by atoms with E-state index >= 15 is 0 Å². The highest BCUT2D eigenvalue weighted by molar-refractivity contribution is 5.33. The van der Waals surface area contributed by atoms with Crippen molar-refractivity contribution < 1.29 is 4.74 Å². The van der Waals surface area contributed by atoms with Crippen LogP contribution in [0.3, 0.4) is 0 Å². The topological polar surface area (TPSA) is 47.0 Å². The van der Waals surface area contributed by atoms with Gasteiger partial charge in [-0.05, 0) is 0 Å². The van der Waals surface area contributed by atoms with Crippen LogP contribution in [0.25, 0.3) is 0 Å². The first-order valence-corrected chi connectivity index (χ1v) is 3.34. The molecule has 1 N–H and O–H groups in total. The molecule has 1 heterocycles. The van der Waals surface area contributed by atoms with Crippen LogP contribution in [0.4, 0.5) is 5.82 Å². The van der Waals surface area contributed by atoms with E-state index in [2.05, 4.69) is 15.3 Å². The van der Waals surface area contributed by atoms with Crippen LogP contribution in [0, 0.1) is 0 Å². The molecule has 0 aromatic carbocycles. The normalized spacial score (nSPS) is 9.64. The largest absolute Gasteiger partial charge is 0.378 e. The lowest BCUT2D eigenvalue weighted by Crippen LogP contribution is -1.97. The van der Waals surface area contributed by atoms with Crippen LogP contribution in [-0.2, 0) is 11.3 Å². The molecule has 0 fully saturated rings. The molecule has 0 spiro atoms. The van der Waals surface area contributed by atoms with Gasteiger partial charge in [-0.25, -0.2) is 9.97 Å². The van der Waals surface area contributed by atoms with E-state index in [1.807, 2.05) is 13.1 Å². The van der Waals surface area contributed by atoms with Gasteiger partial charge in [0.1, 0.15) is 12.1 Å². The molecule has 0 aliphatic carbocycles. The molecule has 0 unspecified atom stereocenters. The maximum atomic E-state index is 4.91. The fraction of sp³-hybridized carbons (Fsp3) is 0.429. The highest BCUT2D eigenvalue weighted by Gasteiger charge is 1.94. The molecule has 0 atom stereocenters. The highest BCUT2D eigenvalue weighted by Crippen LogP contribution is 2.02. The minimum Gasteiger partial charge on any atom is -0.378 e. The Morgan fingerprint density at radius 3 is 3.00 bits per heavy atom. The Balaban J connectivity index is 2.74. The lowest BCUT2D eigenvalue weighted by atomic mass is 10.4. The van der Waals surface area contributed by atoms with E-state index in [4.69, 9.17) is 4.74 Å². The molecule has 1 aromatic heterocycles. The van der Waals surface area contributed by atoms with Crippen molar-refractivity contribution in [3.8, 4) is 0 Å². The van der Waals surface area contributed by atoms with Crippen molar-refractivity contribution in [3.63, 3.8) is 0 Å². The van der Waals surface area contributed by atoms with Gasteiger partial charge in [-0.15, -0.1) is 0 Å². The van der Waals surface area contributed by atoms with Gasteiger partial charge in [0, 0.05) is 20.2 Å². The van der Waals surface area contributed by atoms with Gasteiger partial charge < -0.3 is 10.1 Å². The predicted molar refractivity (Wildman–Crippen MR) is 42.3 cm³/mol. The molecule has 60 valence electrons. The Labute approximate surface area is 65.6 Å². The number of anilines is 1. The SMILES string of the molecule is CNc1cc(COC)ncn1. The first-order valence-electron chi connectivity index (χ1n) is 3.34. The van der Waals surface area contributed by atoms with Crippen molar-refractivity contribution in [1.29, 1.82) is 0 Å². The third kappa shape index (κ3) is 2.16. The Bertz CT molecular complexity index is 227. The van der Waals surface area contributed by atoms with Crippen molar-refractivity contribution in [2.45, 2.75) is 6.61 Å². The zero-order valence-corrected chi connectivity index (χ0v) is 6.66. The van der Waals surface area contributed by atoms with Crippen LogP contribution in [0.1, 0.15) is 5.69 Å². The van der Waals surface area contributed by atoms with Crippen LogP contribution in [0.2, 0.25) is 0 Å². The summed E-state index contributed by atoms with van der Waals surface area (Å²) in [6.07, 6.45) is 1.51. The monoisotopic (exact) mass is 153 g/mol. The maximum absolute atomic E-state index is 4.91. The van der Waals surface area contributed by atoms with Gasteiger partial charge in [-0.1, -0.05) is 0 Å². The second-order valence-corrected chi connectivity index (χ2v) is 2.08. The summed E-state index contributed by atoms with van der Waals surface area (Å²) in [5.41, 5.74) is 0.881. The summed E-state index contributed by atoms with van der Waals surface area (Å²) in [6, 6.07) is 1.85. The lowest BCUT2D eigenvalue weighted by molar-refractivity contribution is 0.181. The van der Waals surface area contributed by atoms with Gasteiger partial charge in [0.25, 0.3) is 0 Å². The van der Waals surface area contributed by atoms with Crippen molar-refractivity contribution in [3.05, 3.63) is 18.1 Å². The first-order chi connectivity index (χ1) is 5.36. The molecule has 1 rings (SSSR count). The average Bonchev–Trinajstić information content (AvgIpc) is 2.06. The molecular formula is C7H11N3O. The van der Waals surface area contributed by atoms with E-state index in [0.717, 1.165) is 11.5 Å². The average molecular weight is 153 g/mol. The van der Waals surface area contributed by atoms with Gasteiger partial charge in [0.05, 0.1) is 12.3 Å².